The molecule has 1 amide bonds. The Kier molecular flexibility index (Phi) is 9.70. The Labute approximate surface area is 240 Å². The summed E-state index contributed by atoms with van der Waals surface area (Å²) in [5.41, 5.74) is 2.47. The van der Waals surface area contributed by atoms with Crippen LogP contribution in [0.3, 0.4) is 0 Å². The minimum atomic E-state index is -0.532. The number of nitrogens with one attached hydrogen (secondary N) is 1. The van der Waals surface area contributed by atoms with E-state index in [1.165, 1.54) is 33.5 Å². The standard InChI is InChI=1S/C31H35N3O7/c1-33-14-16-34(17-15-33)23-9-6-21(7-10-23)31(36)41-29-18-22(8-12-26(29)38-3)32-30(35)13-11-25-27(39-4)19-24(37-2)20-28(25)40-5/h6-13,18-20H,14-17H2,1-5H3,(H,32,35). The van der Waals surface area contributed by atoms with Crippen molar-refractivity contribution >= 4 is 29.3 Å². The van der Waals surface area contributed by atoms with E-state index in [2.05, 4.69) is 22.2 Å². The SMILES string of the molecule is COc1cc(OC)c(C=CC(=O)Nc2ccc(OC)c(OC(=O)c3ccc(N4CCN(C)CC4)cc3)c2)c(OC)c1. The van der Waals surface area contributed by atoms with Crippen molar-refractivity contribution in [2.24, 2.45) is 0 Å². The number of esters is 1. The number of ether oxygens (including phenoxy) is 5. The van der Waals surface area contributed by atoms with Crippen molar-refractivity contribution in [2.45, 2.75) is 0 Å². The molecule has 0 atom stereocenters. The first-order chi connectivity index (χ1) is 19.8. The fourth-order valence-corrected chi connectivity index (χ4v) is 4.41. The number of carbonyl (C=O) groups excluding carboxylic acids is 2. The second-order valence-corrected chi connectivity index (χ2v) is 9.36. The molecule has 3 aromatic rings. The Bertz CT molecular complexity index is 1370. The Morgan fingerprint density at radius 2 is 1.39 bits per heavy atom. The van der Waals surface area contributed by atoms with Crippen LogP contribution < -0.4 is 33.9 Å². The molecule has 0 radical (unpaired) electrons. The summed E-state index contributed by atoms with van der Waals surface area (Å²) in [5, 5.41) is 2.77. The molecule has 3 aromatic carbocycles. The van der Waals surface area contributed by atoms with Crippen LogP contribution in [0.4, 0.5) is 11.4 Å². The fraction of sp³-hybridized carbons (Fsp3) is 0.290. The molecule has 10 nitrogen and oxygen atoms in total. The smallest absolute Gasteiger partial charge is 0.343 e. The maximum Gasteiger partial charge on any atom is 0.343 e. The monoisotopic (exact) mass is 561 g/mol. The van der Waals surface area contributed by atoms with Crippen molar-refractivity contribution < 1.29 is 33.3 Å². The van der Waals surface area contributed by atoms with Crippen LogP contribution >= 0.6 is 0 Å². The normalized spacial score (nSPS) is 13.5. The molecule has 1 N–H and O–H groups in total. The number of likely N-dealkylation sites (N-methyl/N-ethyl adjacent to an activating group) is 1. The number of nitrogens with zero attached hydrogens (tertiary/aromatic N) is 2. The highest BCUT2D eigenvalue weighted by molar-refractivity contribution is 6.02. The quantitative estimate of drug-likeness (QED) is 0.220. The molecular formula is C31H35N3O7. The summed E-state index contributed by atoms with van der Waals surface area (Å²) < 4.78 is 27.1. The van der Waals surface area contributed by atoms with E-state index < -0.39 is 11.9 Å². The topological polar surface area (TPSA) is 98.8 Å². The maximum absolute atomic E-state index is 12.9. The van der Waals surface area contributed by atoms with Crippen LogP contribution in [0.2, 0.25) is 0 Å². The summed E-state index contributed by atoms with van der Waals surface area (Å²) in [7, 11) is 8.18. The fourth-order valence-electron chi connectivity index (χ4n) is 4.41. The van der Waals surface area contributed by atoms with Crippen molar-refractivity contribution in [1.82, 2.24) is 4.90 Å². The summed E-state index contributed by atoms with van der Waals surface area (Å²) in [6.45, 7) is 3.87. The van der Waals surface area contributed by atoms with Gasteiger partial charge in [0.1, 0.15) is 17.2 Å². The third-order valence-electron chi connectivity index (χ3n) is 6.76. The van der Waals surface area contributed by atoms with E-state index >= 15 is 0 Å². The Morgan fingerprint density at radius 1 is 0.756 bits per heavy atom. The molecule has 0 bridgehead atoms. The van der Waals surface area contributed by atoms with Gasteiger partial charge in [-0.25, -0.2) is 4.79 Å². The average Bonchev–Trinajstić information content (AvgIpc) is 3.00. The molecule has 1 saturated heterocycles. The zero-order valence-corrected chi connectivity index (χ0v) is 23.9. The van der Waals surface area contributed by atoms with Gasteiger partial charge in [0.25, 0.3) is 0 Å². The van der Waals surface area contributed by atoms with Crippen LogP contribution in [0.25, 0.3) is 6.08 Å². The lowest BCUT2D eigenvalue weighted by atomic mass is 10.1. The first-order valence-corrected chi connectivity index (χ1v) is 13.1. The number of anilines is 2. The highest BCUT2D eigenvalue weighted by Crippen LogP contribution is 2.35. The van der Waals surface area contributed by atoms with Gasteiger partial charge in [-0.2, -0.15) is 0 Å². The molecule has 216 valence electrons. The van der Waals surface area contributed by atoms with E-state index in [1.54, 1.807) is 49.6 Å². The molecule has 4 rings (SSSR count). The van der Waals surface area contributed by atoms with Gasteiger partial charge in [-0.15, -0.1) is 0 Å². The molecule has 0 aromatic heterocycles. The first kappa shape index (κ1) is 29.3. The molecule has 0 unspecified atom stereocenters. The number of methoxy groups -OCH3 is 4. The van der Waals surface area contributed by atoms with Crippen molar-refractivity contribution in [3.05, 3.63) is 71.8 Å². The van der Waals surface area contributed by atoms with Crippen LogP contribution in [0.15, 0.2) is 60.7 Å². The van der Waals surface area contributed by atoms with E-state index in [0.29, 0.717) is 39.8 Å². The second kappa shape index (κ2) is 13.6. The molecular weight excluding hydrogens is 526 g/mol. The summed E-state index contributed by atoms with van der Waals surface area (Å²) in [6.07, 6.45) is 2.94. The van der Waals surface area contributed by atoms with Crippen LogP contribution in [-0.2, 0) is 4.79 Å². The number of hydrogen-bond donors (Lipinski definition) is 1. The molecule has 1 aliphatic heterocycles. The Hall–Kier alpha value is -4.70. The zero-order valence-electron chi connectivity index (χ0n) is 23.9. The first-order valence-electron chi connectivity index (χ1n) is 13.1. The lowest BCUT2D eigenvalue weighted by Crippen LogP contribution is -2.44. The van der Waals surface area contributed by atoms with Gasteiger partial charge >= 0.3 is 5.97 Å². The van der Waals surface area contributed by atoms with Gasteiger partial charge in [-0.1, -0.05) is 0 Å². The predicted molar refractivity (Wildman–Crippen MR) is 158 cm³/mol. The van der Waals surface area contributed by atoms with Gasteiger partial charge in [0, 0.05) is 61.8 Å². The average molecular weight is 562 g/mol. The van der Waals surface area contributed by atoms with E-state index in [-0.39, 0.29) is 5.75 Å². The van der Waals surface area contributed by atoms with Crippen LogP contribution in [-0.4, -0.2) is 78.4 Å². The van der Waals surface area contributed by atoms with Gasteiger partial charge in [0.05, 0.1) is 39.6 Å². The maximum atomic E-state index is 12.9. The molecule has 10 heteroatoms. The number of rotatable bonds is 10. The van der Waals surface area contributed by atoms with Gasteiger partial charge in [0.2, 0.25) is 5.91 Å². The predicted octanol–water partition coefficient (Wildman–Crippen LogP) is 4.34. The molecule has 1 aliphatic rings. The van der Waals surface area contributed by atoms with Crippen molar-refractivity contribution in [1.29, 1.82) is 0 Å². The summed E-state index contributed by atoms with van der Waals surface area (Å²) in [6, 6.07) is 15.6. The highest BCUT2D eigenvalue weighted by Gasteiger charge is 2.17. The number of amides is 1. The Morgan fingerprint density at radius 3 is 1.98 bits per heavy atom. The summed E-state index contributed by atoms with van der Waals surface area (Å²) in [4.78, 5) is 30.3. The van der Waals surface area contributed by atoms with Crippen LogP contribution in [0.5, 0.6) is 28.7 Å². The van der Waals surface area contributed by atoms with E-state index in [0.717, 1.165) is 31.9 Å². The second-order valence-electron chi connectivity index (χ2n) is 9.36. The number of piperazine rings is 1. The van der Waals surface area contributed by atoms with Gasteiger partial charge in [-0.05, 0) is 49.5 Å². The minimum Gasteiger partial charge on any atom is -0.496 e. The lowest BCUT2D eigenvalue weighted by Gasteiger charge is -2.34. The Balaban J connectivity index is 1.45. The van der Waals surface area contributed by atoms with Gasteiger partial charge in [0.15, 0.2) is 11.5 Å². The van der Waals surface area contributed by atoms with E-state index in [4.69, 9.17) is 23.7 Å². The van der Waals surface area contributed by atoms with Gasteiger partial charge < -0.3 is 38.8 Å². The molecule has 1 fully saturated rings. The molecule has 1 heterocycles. The highest BCUT2D eigenvalue weighted by atomic mass is 16.6. The van der Waals surface area contributed by atoms with Crippen molar-refractivity contribution in [3.8, 4) is 28.7 Å². The largest absolute Gasteiger partial charge is 0.496 e. The summed E-state index contributed by atoms with van der Waals surface area (Å²) >= 11 is 0. The zero-order chi connectivity index (χ0) is 29.4. The van der Waals surface area contributed by atoms with Crippen molar-refractivity contribution in [3.63, 3.8) is 0 Å². The van der Waals surface area contributed by atoms with Crippen LogP contribution in [0, 0.1) is 0 Å². The van der Waals surface area contributed by atoms with E-state index in [1.807, 2.05) is 12.1 Å². The van der Waals surface area contributed by atoms with E-state index in [9.17, 15) is 9.59 Å². The molecule has 0 saturated carbocycles. The molecule has 0 spiro atoms. The van der Waals surface area contributed by atoms with Crippen LogP contribution in [0.1, 0.15) is 15.9 Å². The number of benzene rings is 3. The summed E-state index contributed by atoms with van der Waals surface area (Å²) in [5.74, 6) is 1.13. The number of carbonyl (C=O) groups is 2. The minimum absolute atomic E-state index is 0.181. The van der Waals surface area contributed by atoms with Crippen molar-refractivity contribution in [2.75, 3.05) is 71.9 Å². The lowest BCUT2D eigenvalue weighted by molar-refractivity contribution is -0.111. The molecule has 41 heavy (non-hydrogen) atoms. The van der Waals surface area contributed by atoms with Gasteiger partial charge in [-0.3, -0.25) is 4.79 Å². The molecule has 0 aliphatic carbocycles. The third kappa shape index (κ3) is 7.29. The number of hydrogen-bond acceptors (Lipinski definition) is 9. The third-order valence-corrected chi connectivity index (χ3v) is 6.76.